The van der Waals surface area contributed by atoms with Gasteiger partial charge in [-0.15, -0.1) is 0 Å². The van der Waals surface area contributed by atoms with Crippen LogP contribution in [0.1, 0.15) is 91.9 Å². The van der Waals surface area contributed by atoms with Crippen molar-refractivity contribution in [3.8, 4) is 0 Å². The van der Waals surface area contributed by atoms with Crippen molar-refractivity contribution >= 4 is 24.2 Å². The van der Waals surface area contributed by atoms with Gasteiger partial charge in [0, 0.05) is 38.2 Å². The molecule has 1 saturated heterocycles. The first kappa shape index (κ1) is 31.6. The minimum absolute atomic E-state index is 0.0474. The molecule has 6 aliphatic rings. The van der Waals surface area contributed by atoms with E-state index in [1.807, 2.05) is 0 Å². The van der Waals surface area contributed by atoms with E-state index in [2.05, 4.69) is 6.92 Å². The molecule has 0 unspecified atom stereocenters. The van der Waals surface area contributed by atoms with Crippen LogP contribution in [-0.4, -0.2) is 82.9 Å². The van der Waals surface area contributed by atoms with Crippen molar-refractivity contribution < 1.29 is 53.1 Å². The number of aliphatic hydroxyl groups is 2. The average Bonchev–Trinajstić information content (AvgIpc) is 3.49. The molecular formula is C33H46O11. The number of fused-ring (bicyclic) bond motifs is 5. The highest BCUT2D eigenvalue weighted by atomic mass is 16.7. The van der Waals surface area contributed by atoms with E-state index in [0.717, 1.165) is 18.3 Å². The number of ether oxygens (including phenoxy) is 5. The van der Waals surface area contributed by atoms with Crippen LogP contribution >= 0.6 is 0 Å². The molecule has 2 N–H and O–H groups in total. The fourth-order valence-corrected chi connectivity index (χ4v) is 10.4. The van der Waals surface area contributed by atoms with E-state index in [-0.39, 0.29) is 43.2 Å². The quantitative estimate of drug-likeness (QED) is 0.195. The molecule has 0 aromatic rings. The second-order valence-electron chi connectivity index (χ2n) is 14.5. The van der Waals surface area contributed by atoms with Crippen LogP contribution in [0.2, 0.25) is 0 Å². The molecule has 11 nitrogen and oxygen atoms in total. The number of esters is 3. The zero-order valence-corrected chi connectivity index (χ0v) is 26.1. The van der Waals surface area contributed by atoms with Gasteiger partial charge in [-0.05, 0) is 81.6 Å². The van der Waals surface area contributed by atoms with E-state index < -0.39 is 64.7 Å². The number of aldehydes is 1. The summed E-state index contributed by atoms with van der Waals surface area (Å²) in [5.74, 6) is -1.59. The van der Waals surface area contributed by atoms with Crippen molar-refractivity contribution in [1.29, 1.82) is 0 Å². The number of carbonyl (C=O) groups is 4. The lowest BCUT2D eigenvalue weighted by Crippen LogP contribution is -2.69. The summed E-state index contributed by atoms with van der Waals surface area (Å²) < 4.78 is 28.5. The molecule has 0 aromatic heterocycles. The van der Waals surface area contributed by atoms with Gasteiger partial charge in [0.1, 0.15) is 19.0 Å². The fourth-order valence-electron chi connectivity index (χ4n) is 10.4. The molecule has 0 spiro atoms. The molecule has 4 aliphatic carbocycles. The molecule has 0 radical (unpaired) electrons. The molecule has 0 amide bonds. The standard InChI is InChI=1S/C33H46O11/c1-18-29(43-20(3)36)26(42-19(2)35)14-28(41-18)44-22-5-10-31(17-34)24-6-9-30(4)23(21-13-27(37)40-16-21)8-12-33(30,39)25(24)7-11-32(31,38)15-22/h13,17-18,22-26,28-29,38-39H,5-12,14-16H2,1-4H3/t18-,22-,23+,24-,25+,26+,28-,29+,30+,31-,32-,33-/m0/s1. The first-order valence-electron chi connectivity index (χ1n) is 16.2. The van der Waals surface area contributed by atoms with Gasteiger partial charge < -0.3 is 38.7 Å². The molecule has 44 heavy (non-hydrogen) atoms. The molecule has 0 bridgehead atoms. The summed E-state index contributed by atoms with van der Waals surface area (Å²) in [6.45, 7) is 6.72. The average molecular weight is 619 g/mol. The van der Waals surface area contributed by atoms with Crippen LogP contribution in [-0.2, 0) is 42.9 Å². The molecule has 11 heteroatoms. The summed E-state index contributed by atoms with van der Waals surface area (Å²) >= 11 is 0. The normalized spacial score (nSPS) is 48.2. The molecule has 5 fully saturated rings. The summed E-state index contributed by atoms with van der Waals surface area (Å²) in [4.78, 5) is 48.4. The SMILES string of the molecule is CC(=O)O[C@@H]1[C@H](C)O[C@@H](O[C@H]2CC[C@]3(C=O)[C@H]4CC[C@]5(C)[C@@H](C6=CC(=O)OC6)CC[C@]5(O)[C@@H]4CC[C@]3(O)C2)C[C@H]1OC(C)=O. The summed E-state index contributed by atoms with van der Waals surface area (Å²) in [5, 5.41) is 24.7. The highest BCUT2D eigenvalue weighted by Gasteiger charge is 2.71. The molecular weight excluding hydrogens is 572 g/mol. The zero-order chi connectivity index (χ0) is 31.7. The van der Waals surface area contributed by atoms with Gasteiger partial charge in [0.15, 0.2) is 12.4 Å². The van der Waals surface area contributed by atoms with Crippen molar-refractivity contribution in [3.63, 3.8) is 0 Å². The van der Waals surface area contributed by atoms with Gasteiger partial charge in [-0.2, -0.15) is 0 Å². The first-order valence-corrected chi connectivity index (χ1v) is 16.2. The van der Waals surface area contributed by atoms with Gasteiger partial charge >= 0.3 is 17.9 Å². The van der Waals surface area contributed by atoms with Crippen molar-refractivity contribution in [2.45, 2.75) is 134 Å². The minimum atomic E-state index is -1.30. The number of carbonyl (C=O) groups excluding carboxylic acids is 4. The fraction of sp³-hybridized carbons (Fsp3) is 0.818. The van der Waals surface area contributed by atoms with Crippen LogP contribution in [0, 0.1) is 28.6 Å². The Morgan fingerprint density at radius 2 is 1.73 bits per heavy atom. The molecule has 6 rings (SSSR count). The van der Waals surface area contributed by atoms with E-state index in [9.17, 15) is 29.4 Å². The summed E-state index contributed by atoms with van der Waals surface area (Å²) in [6.07, 6.45) is 4.39. The van der Waals surface area contributed by atoms with Crippen molar-refractivity contribution in [1.82, 2.24) is 0 Å². The summed E-state index contributed by atoms with van der Waals surface area (Å²) in [7, 11) is 0. The van der Waals surface area contributed by atoms with Crippen LogP contribution in [0.5, 0.6) is 0 Å². The third-order valence-corrected chi connectivity index (χ3v) is 12.4. The maximum Gasteiger partial charge on any atom is 0.331 e. The Morgan fingerprint density at radius 3 is 2.39 bits per heavy atom. The van der Waals surface area contributed by atoms with E-state index in [0.29, 0.717) is 44.9 Å². The van der Waals surface area contributed by atoms with E-state index in [4.69, 9.17) is 23.7 Å². The smallest absolute Gasteiger partial charge is 0.331 e. The van der Waals surface area contributed by atoms with Crippen LogP contribution in [0.4, 0.5) is 0 Å². The second kappa shape index (κ2) is 11.2. The van der Waals surface area contributed by atoms with E-state index in [1.165, 1.54) is 13.8 Å². The summed E-state index contributed by atoms with van der Waals surface area (Å²) in [6, 6.07) is 0. The van der Waals surface area contributed by atoms with Gasteiger partial charge in [0.25, 0.3) is 0 Å². The predicted molar refractivity (Wildman–Crippen MR) is 153 cm³/mol. The lowest BCUT2D eigenvalue weighted by Gasteiger charge is -2.65. The minimum Gasteiger partial charge on any atom is -0.458 e. The van der Waals surface area contributed by atoms with Gasteiger partial charge in [-0.25, -0.2) is 4.79 Å². The van der Waals surface area contributed by atoms with Crippen LogP contribution in [0.25, 0.3) is 0 Å². The van der Waals surface area contributed by atoms with Crippen molar-refractivity contribution in [3.05, 3.63) is 11.6 Å². The number of rotatable bonds is 6. The van der Waals surface area contributed by atoms with Gasteiger partial charge in [0.2, 0.25) is 0 Å². The Labute approximate surface area is 257 Å². The molecule has 2 aliphatic heterocycles. The third-order valence-electron chi connectivity index (χ3n) is 12.4. The molecule has 4 saturated carbocycles. The Bertz CT molecular complexity index is 1230. The maximum atomic E-state index is 13.1. The number of hydrogen-bond donors (Lipinski definition) is 2. The molecule has 2 heterocycles. The largest absolute Gasteiger partial charge is 0.458 e. The number of hydrogen-bond acceptors (Lipinski definition) is 11. The topological polar surface area (TPSA) is 155 Å². The van der Waals surface area contributed by atoms with Gasteiger partial charge in [-0.3, -0.25) is 9.59 Å². The Morgan fingerprint density at radius 1 is 1.00 bits per heavy atom. The van der Waals surface area contributed by atoms with Crippen LogP contribution in [0.3, 0.4) is 0 Å². The lowest BCUT2D eigenvalue weighted by molar-refractivity contribution is -0.288. The Hall–Kier alpha value is -2.34. The first-order chi connectivity index (χ1) is 20.7. The molecule has 0 aromatic carbocycles. The summed E-state index contributed by atoms with van der Waals surface area (Å²) in [5.41, 5.74) is -2.79. The Kier molecular flexibility index (Phi) is 8.03. The second-order valence-corrected chi connectivity index (χ2v) is 14.5. The number of cyclic esters (lactones) is 1. The van der Waals surface area contributed by atoms with Crippen molar-refractivity contribution in [2.24, 2.45) is 28.6 Å². The predicted octanol–water partition coefficient (Wildman–Crippen LogP) is 2.92. The maximum absolute atomic E-state index is 13.1. The Balaban J connectivity index is 1.18. The highest BCUT2D eigenvalue weighted by molar-refractivity contribution is 5.85. The molecule has 244 valence electrons. The van der Waals surface area contributed by atoms with Gasteiger partial charge in [-0.1, -0.05) is 6.92 Å². The lowest BCUT2D eigenvalue weighted by atomic mass is 9.41. The molecule has 12 atom stereocenters. The monoisotopic (exact) mass is 618 g/mol. The third kappa shape index (κ3) is 4.84. The van der Waals surface area contributed by atoms with Crippen LogP contribution in [0.15, 0.2) is 11.6 Å². The van der Waals surface area contributed by atoms with Crippen molar-refractivity contribution in [2.75, 3.05) is 6.61 Å². The zero-order valence-electron chi connectivity index (χ0n) is 26.1. The highest BCUT2D eigenvalue weighted by Crippen LogP contribution is 2.70. The van der Waals surface area contributed by atoms with Crippen LogP contribution < -0.4 is 0 Å². The van der Waals surface area contributed by atoms with E-state index >= 15 is 0 Å². The van der Waals surface area contributed by atoms with Gasteiger partial charge in [0.05, 0.1) is 28.8 Å². The van der Waals surface area contributed by atoms with E-state index in [1.54, 1.807) is 13.0 Å².